The molecule has 148 valence electrons. The quantitative estimate of drug-likeness (QED) is 0.471. The van der Waals surface area contributed by atoms with Gasteiger partial charge in [0, 0.05) is 41.5 Å². The van der Waals surface area contributed by atoms with Gasteiger partial charge in [-0.25, -0.2) is 0 Å². The van der Waals surface area contributed by atoms with Gasteiger partial charge in [0.25, 0.3) is 0 Å². The van der Waals surface area contributed by atoms with E-state index in [0.29, 0.717) is 6.54 Å². The molecule has 0 aliphatic heterocycles. The fourth-order valence-corrected chi connectivity index (χ4v) is 3.19. The number of nitrogens with zero attached hydrogens (tertiary/aromatic N) is 3. The minimum atomic E-state index is -0.183. The number of anilines is 1. The summed E-state index contributed by atoms with van der Waals surface area (Å²) < 4.78 is 1.89. The number of hydrogen-bond acceptors (Lipinski definition) is 3. The van der Waals surface area contributed by atoms with Crippen LogP contribution in [0.1, 0.15) is 16.7 Å². The molecular formula is C25H22N4O. The lowest BCUT2D eigenvalue weighted by Gasteiger charge is -2.05. The van der Waals surface area contributed by atoms with E-state index in [4.69, 9.17) is 5.10 Å². The molecule has 0 bridgehead atoms. The molecule has 4 rings (SSSR count). The molecule has 4 aromatic rings. The van der Waals surface area contributed by atoms with E-state index in [1.54, 1.807) is 18.5 Å². The molecule has 2 aromatic heterocycles. The molecule has 1 amide bonds. The third kappa shape index (κ3) is 4.70. The molecule has 5 heteroatoms. The monoisotopic (exact) mass is 394 g/mol. The standard InChI is InChI=1S/C25H22N4O/c1-19-8-5-6-12-23(19)27-24(30)14-13-22-18-29(17-20-9-3-2-4-10-20)28-25(22)21-11-7-15-26-16-21/h2-16,18H,17H2,1H3,(H,27,30). The topological polar surface area (TPSA) is 59.8 Å². The smallest absolute Gasteiger partial charge is 0.248 e. The molecule has 2 heterocycles. The summed E-state index contributed by atoms with van der Waals surface area (Å²) in [6.45, 7) is 2.62. The Bertz CT molecular complexity index is 1160. The highest BCUT2D eigenvalue weighted by Gasteiger charge is 2.10. The van der Waals surface area contributed by atoms with E-state index in [1.807, 2.05) is 72.4 Å². The molecule has 30 heavy (non-hydrogen) atoms. The zero-order valence-corrected chi connectivity index (χ0v) is 16.7. The Morgan fingerprint density at radius 2 is 1.83 bits per heavy atom. The Kier molecular flexibility index (Phi) is 5.80. The molecule has 0 aliphatic carbocycles. The van der Waals surface area contributed by atoms with Crippen molar-refractivity contribution in [3.8, 4) is 11.3 Å². The molecule has 0 fully saturated rings. The maximum Gasteiger partial charge on any atom is 0.248 e. The van der Waals surface area contributed by atoms with E-state index in [9.17, 15) is 4.79 Å². The Labute approximate surface area is 175 Å². The number of para-hydroxylation sites is 1. The van der Waals surface area contributed by atoms with Gasteiger partial charge in [0.1, 0.15) is 5.69 Å². The van der Waals surface area contributed by atoms with Crippen molar-refractivity contribution in [1.82, 2.24) is 14.8 Å². The number of aromatic nitrogens is 3. The van der Waals surface area contributed by atoms with Crippen LogP contribution in [0.25, 0.3) is 17.3 Å². The fraction of sp³-hybridized carbons (Fsp3) is 0.0800. The van der Waals surface area contributed by atoms with Crippen molar-refractivity contribution in [3.05, 3.63) is 108 Å². The Morgan fingerprint density at radius 3 is 2.60 bits per heavy atom. The zero-order chi connectivity index (χ0) is 20.8. The van der Waals surface area contributed by atoms with Crippen molar-refractivity contribution in [1.29, 1.82) is 0 Å². The normalized spacial score (nSPS) is 11.0. The molecule has 0 atom stereocenters. The fourth-order valence-electron chi connectivity index (χ4n) is 3.19. The average Bonchev–Trinajstić information content (AvgIpc) is 3.18. The summed E-state index contributed by atoms with van der Waals surface area (Å²) in [5.74, 6) is -0.183. The van der Waals surface area contributed by atoms with Crippen LogP contribution in [-0.2, 0) is 11.3 Å². The molecule has 0 saturated heterocycles. The van der Waals surface area contributed by atoms with Crippen LogP contribution in [-0.4, -0.2) is 20.7 Å². The van der Waals surface area contributed by atoms with Gasteiger partial charge in [-0.2, -0.15) is 5.10 Å². The molecule has 0 spiro atoms. The largest absolute Gasteiger partial charge is 0.322 e. The van der Waals surface area contributed by atoms with Crippen LogP contribution >= 0.6 is 0 Å². The van der Waals surface area contributed by atoms with Gasteiger partial charge < -0.3 is 5.32 Å². The SMILES string of the molecule is Cc1ccccc1NC(=O)C=Cc1cn(Cc2ccccc2)nc1-c1cccnc1. The minimum absolute atomic E-state index is 0.183. The second-order valence-corrected chi connectivity index (χ2v) is 7.00. The lowest BCUT2D eigenvalue weighted by Crippen LogP contribution is -2.08. The van der Waals surface area contributed by atoms with E-state index in [0.717, 1.165) is 33.6 Å². The second-order valence-electron chi connectivity index (χ2n) is 7.00. The number of carbonyl (C=O) groups excluding carboxylic acids is 1. The molecule has 2 aromatic carbocycles. The van der Waals surface area contributed by atoms with Gasteiger partial charge >= 0.3 is 0 Å². The number of nitrogens with one attached hydrogen (secondary N) is 1. The number of rotatable bonds is 6. The predicted octanol–water partition coefficient (Wildman–Crippen LogP) is 4.95. The van der Waals surface area contributed by atoms with Crippen molar-refractivity contribution in [2.24, 2.45) is 0 Å². The van der Waals surface area contributed by atoms with Crippen molar-refractivity contribution < 1.29 is 4.79 Å². The second kappa shape index (κ2) is 9.01. The van der Waals surface area contributed by atoms with Crippen molar-refractivity contribution >= 4 is 17.7 Å². The molecule has 0 saturated carbocycles. The summed E-state index contributed by atoms with van der Waals surface area (Å²) in [5.41, 5.74) is 5.54. The van der Waals surface area contributed by atoms with Gasteiger partial charge in [-0.15, -0.1) is 0 Å². The molecule has 0 aliphatic rings. The first-order chi connectivity index (χ1) is 14.7. The number of amides is 1. The molecule has 0 radical (unpaired) electrons. The summed E-state index contributed by atoms with van der Waals surface area (Å²) in [7, 11) is 0. The number of pyridine rings is 1. The lowest BCUT2D eigenvalue weighted by atomic mass is 10.1. The van der Waals surface area contributed by atoms with Gasteiger partial charge in [-0.3, -0.25) is 14.5 Å². The van der Waals surface area contributed by atoms with Crippen LogP contribution in [0.4, 0.5) is 5.69 Å². The first-order valence-electron chi connectivity index (χ1n) is 9.75. The summed E-state index contributed by atoms with van der Waals surface area (Å²) in [6, 6.07) is 21.7. The third-order valence-corrected chi connectivity index (χ3v) is 4.73. The van der Waals surface area contributed by atoms with Crippen LogP contribution in [0.3, 0.4) is 0 Å². The number of hydrogen-bond donors (Lipinski definition) is 1. The highest BCUT2D eigenvalue weighted by atomic mass is 16.1. The maximum atomic E-state index is 12.4. The van der Waals surface area contributed by atoms with Gasteiger partial charge in [0.15, 0.2) is 0 Å². The number of aryl methyl sites for hydroxylation is 1. The average molecular weight is 394 g/mol. The Balaban J connectivity index is 1.60. The first kappa shape index (κ1) is 19.3. The predicted molar refractivity (Wildman–Crippen MR) is 120 cm³/mol. The summed E-state index contributed by atoms with van der Waals surface area (Å²) in [4.78, 5) is 16.6. The number of benzene rings is 2. The van der Waals surface area contributed by atoms with Crippen LogP contribution in [0.15, 0.2) is 91.4 Å². The van der Waals surface area contributed by atoms with Crippen molar-refractivity contribution in [3.63, 3.8) is 0 Å². The van der Waals surface area contributed by atoms with Gasteiger partial charge in [0.2, 0.25) is 5.91 Å². The van der Waals surface area contributed by atoms with Crippen molar-refractivity contribution in [2.45, 2.75) is 13.5 Å². The van der Waals surface area contributed by atoms with Gasteiger partial charge in [0.05, 0.1) is 6.54 Å². The Morgan fingerprint density at radius 1 is 1.03 bits per heavy atom. The van der Waals surface area contributed by atoms with Crippen LogP contribution < -0.4 is 5.32 Å². The molecule has 0 unspecified atom stereocenters. The molecule has 5 nitrogen and oxygen atoms in total. The maximum absolute atomic E-state index is 12.4. The zero-order valence-electron chi connectivity index (χ0n) is 16.7. The van der Waals surface area contributed by atoms with Crippen molar-refractivity contribution in [2.75, 3.05) is 5.32 Å². The minimum Gasteiger partial charge on any atom is -0.322 e. The van der Waals surface area contributed by atoms with Gasteiger partial charge in [-0.1, -0.05) is 48.5 Å². The van der Waals surface area contributed by atoms with Crippen LogP contribution in [0.2, 0.25) is 0 Å². The van der Waals surface area contributed by atoms with E-state index in [2.05, 4.69) is 22.4 Å². The summed E-state index contributed by atoms with van der Waals surface area (Å²) >= 11 is 0. The first-order valence-corrected chi connectivity index (χ1v) is 9.75. The van der Waals surface area contributed by atoms with E-state index >= 15 is 0 Å². The van der Waals surface area contributed by atoms with Gasteiger partial charge in [-0.05, 0) is 42.3 Å². The summed E-state index contributed by atoms with van der Waals surface area (Å²) in [6.07, 6.45) is 8.79. The number of carbonyl (C=O) groups is 1. The molecule has 1 N–H and O–H groups in total. The van der Waals surface area contributed by atoms with Crippen LogP contribution in [0, 0.1) is 6.92 Å². The van der Waals surface area contributed by atoms with Crippen LogP contribution in [0.5, 0.6) is 0 Å². The highest BCUT2D eigenvalue weighted by Crippen LogP contribution is 2.23. The Hall–Kier alpha value is -3.99. The highest BCUT2D eigenvalue weighted by molar-refractivity contribution is 6.02. The summed E-state index contributed by atoms with van der Waals surface area (Å²) in [5, 5.41) is 7.67. The van der Waals surface area contributed by atoms with E-state index in [1.165, 1.54) is 6.08 Å². The third-order valence-electron chi connectivity index (χ3n) is 4.73. The lowest BCUT2D eigenvalue weighted by molar-refractivity contribution is -0.111. The van der Waals surface area contributed by atoms with E-state index < -0.39 is 0 Å². The molecular weight excluding hydrogens is 372 g/mol. The van der Waals surface area contributed by atoms with E-state index in [-0.39, 0.29) is 5.91 Å².